The zero-order valence-corrected chi connectivity index (χ0v) is 17.7. The lowest BCUT2D eigenvalue weighted by Crippen LogP contribution is -2.38. The smallest absolute Gasteiger partial charge is 0.410 e. The summed E-state index contributed by atoms with van der Waals surface area (Å²) in [5, 5.41) is 6.33. The van der Waals surface area contributed by atoms with Crippen LogP contribution in [0.1, 0.15) is 24.8 Å². The fourth-order valence-electron chi connectivity index (χ4n) is 4.56. The molecule has 1 aliphatic heterocycles. The number of nitrogens with one attached hydrogen (secondary N) is 2. The molecule has 32 heavy (non-hydrogen) atoms. The quantitative estimate of drug-likeness (QED) is 0.583. The second-order valence-electron chi connectivity index (χ2n) is 8.25. The molecule has 2 unspecified atom stereocenters. The molecule has 2 N–H and O–H groups in total. The van der Waals surface area contributed by atoms with Crippen molar-refractivity contribution in [2.45, 2.75) is 31.8 Å². The summed E-state index contributed by atoms with van der Waals surface area (Å²) < 4.78 is 5.27. The van der Waals surface area contributed by atoms with E-state index in [0.717, 1.165) is 36.2 Å². The van der Waals surface area contributed by atoms with Crippen molar-refractivity contribution < 1.29 is 14.3 Å². The van der Waals surface area contributed by atoms with Gasteiger partial charge in [0, 0.05) is 11.7 Å². The molecular weight excluding hydrogens is 402 g/mol. The highest BCUT2D eigenvalue weighted by atomic mass is 16.6. The SMILES string of the molecule is O=C(Nc1ccc(CN2C(=O)C3CCCC3Nc3ccccc32)cc1)Oc1ccccc1. The zero-order chi connectivity index (χ0) is 21.9. The Morgan fingerprint density at radius 3 is 2.53 bits per heavy atom. The van der Waals surface area contributed by atoms with Gasteiger partial charge in [0.05, 0.1) is 23.8 Å². The molecule has 3 aromatic rings. The molecule has 2 aliphatic rings. The molecule has 2 atom stereocenters. The standard InChI is InChI=1S/C26H25N3O3/c30-25-21-9-6-11-22(21)28-23-10-4-5-12-24(23)29(25)17-18-13-15-19(16-14-18)27-26(31)32-20-7-2-1-3-8-20/h1-5,7-8,10,12-16,21-22,28H,6,9,11,17H2,(H,27,31). The van der Waals surface area contributed by atoms with Gasteiger partial charge in [-0.3, -0.25) is 10.1 Å². The number of anilines is 3. The van der Waals surface area contributed by atoms with Gasteiger partial charge in [0.25, 0.3) is 0 Å². The summed E-state index contributed by atoms with van der Waals surface area (Å²) in [6.45, 7) is 0.482. The van der Waals surface area contributed by atoms with Crippen molar-refractivity contribution in [1.29, 1.82) is 0 Å². The van der Waals surface area contributed by atoms with Gasteiger partial charge < -0.3 is 15.0 Å². The van der Waals surface area contributed by atoms with E-state index in [-0.39, 0.29) is 17.9 Å². The molecule has 1 saturated carbocycles. The van der Waals surface area contributed by atoms with Crippen molar-refractivity contribution >= 4 is 29.1 Å². The van der Waals surface area contributed by atoms with Crippen molar-refractivity contribution in [3.8, 4) is 5.75 Å². The van der Waals surface area contributed by atoms with Gasteiger partial charge >= 0.3 is 6.09 Å². The van der Waals surface area contributed by atoms with Crippen molar-refractivity contribution in [2.24, 2.45) is 5.92 Å². The third-order valence-corrected chi connectivity index (χ3v) is 6.13. The minimum Gasteiger partial charge on any atom is -0.410 e. The lowest BCUT2D eigenvalue weighted by molar-refractivity contribution is -0.122. The number of para-hydroxylation sites is 3. The second kappa shape index (κ2) is 8.75. The van der Waals surface area contributed by atoms with Crippen LogP contribution in [0.25, 0.3) is 0 Å². The van der Waals surface area contributed by atoms with Crippen LogP contribution in [0.5, 0.6) is 5.75 Å². The molecule has 1 aliphatic carbocycles. The van der Waals surface area contributed by atoms with Crippen LogP contribution in [0, 0.1) is 5.92 Å². The molecule has 162 valence electrons. The lowest BCUT2D eigenvalue weighted by atomic mass is 10.0. The van der Waals surface area contributed by atoms with Gasteiger partial charge in [0.1, 0.15) is 5.75 Å². The van der Waals surface area contributed by atoms with E-state index in [9.17, 15) is 9.59 Å². The molecule has 1 heterocycles. The average Bonchev–Trinajstić information content (AvgIpc) is 3.24. The maximum absolute atomic E-state index is 13.4. The Hall–Kier alpha value is -3.80. The van der Waals surface area contributed by atoms with Crippen LogP contribution in [0.2, 0.25) is 0 Å². The highest BCUT2D eigenvalue weighted by molar-refractivity contribution is 6.00. The number of carbonyl (C=O) groups is 2. The molecule has 6 nitrogen and oxygen atoms in total. The topological polar surface area (TPSA) is 70.7 Å². The molecule has 0 bridgehead atoms. The Bertz CT molecular complexity index is 1110. The first-order chi connectivity index (χ1) is 15.7. The third kappa shape index (κ3) is 4.17. The van der Waals surface area contributed by atoms with Crippen LogP contribution in [0.3, 0.4) is 0 Å². The number of fused-ring (bicyclic) bond motifs is 2. The van der Waals surface area contributed by atoms with Crippen LogP contribution < -0.4 is 20.3 Å². The van der Waals surface area contributed by atoms with Crippen LogP contribution in [0.4, 0.5) is 21.9 Å². The minimum atomic E-state index is -0.543. The predicted molar refractivity (Wildman–Crippen MR) is 125 cm³/mol. The first-order valence-corrected chi connectivity index (χ1v) is 11.0. The molecular formula is C26H25N3O3. The molecule has 1 fully saturated rings. The van der Waals surface area contributed by atoms with E-state index < -0.39 is 6.09 Å². The Labute approximate surface area is 187 Å². The molecule has 0 saturated heterocycles. The number of rotatable bonds is 4. The maximum Gasteiger partial charge on any atom is 0.417 e. The second-order valence-corrected chi connectivity index (χ2v) is 8.25. The van der Waals surface area contributed by atoms with Crippen molar-refractivity contribution in [3.63, 3.8) is 0 Å². The summed E-state index contributed by atoms with van der Waals surface area (Å²) in [5.41, 5.74) is 3.55. The molecule has 0 radical (unpaired) electrons. The minimum absolute atomic E-state index is 0.0103. The highest BCUT2D eigenvalue weighted by Crippen LogP contribution is 2.39. The normalized spacial score (nSPS) is 19.4. The Morgan fingerprint density at radius 2 is 1.72 bits per heavy atom. The first-order valence-electron chi connectivity index (χ1n) is 11.0. The van der Waals surface area contributed by atoms with Gasteiger partial charge in [-0.15, -0.1) is 0 Å². The molecule has 2 amide bonds. The molecule has 6 heteroatoms. The predicted octanol–water partition coefficient (Wildman–Crippen LogP) is 5.42. The van der Waals surface area contributed by atoms with Crippen LogP contribution >= 0.6 is 0 Å². The number of carbonyl (C=O) groups excluding carboxylic acids is 2. The zero-order valence-electron chi connectivity index (χ0n) is 17.7. The largest absolute Gasteiger partial charge is 0.417 e. The number of hydrogen-bond donors (Lipinski definition) is 2. The van der Waals surface area contributed by atoms with Crippen molar-refractivity contribution in [2.75, 3.05) is 15.5 Å². The van der Waals surface area contributed by atoms with Gasteiger partial charge in [0.15, 0.2) is 0 Å². The fourth-order valence-corrected chi connectivity index (χ4v) is 4.56. The van der Waals surface area contributed by atoms with Gasteiger partial charge in [-0.05, 0) is 54.8 Å². The molecule has 5 rings (SSSR count). The van der Waals surface area contributed by atoms with Gasteiger partial charge in [-0.25, -0.2) is 4.79 Å². The number of amides is 2. The average molecular weight is 428 g/mol. The summed E-state index contributed by atoms with van der Waals surface area (Å²) in [6.07, 6.45) is 2.48. The first kappa shape index (κ1) is 20.1. The lowest BCUT2D eigenvalue weighted by Gasteiger charge is -2.25. The van der Waals surface area contributed by atoms with Crippen LogP contribution in [-0.4, -0.2) is 18.0 Å². The van der Waals surface area contributed by atoms with E-state index in [4.69, 9.17) is 4.74 Å². The summed E-state index contributed by atoms with van der Waals surface area (Å²) in [6, 6.07) is 24.6. The molecule has 0 aromatic heterocycles. The summed E-state index contributed by atoms with van der Waals surface area (Å²) in [7, 11) is 0. The molecule has 3 aromatic carbocycles. The maximum atomic E-state index is 13.4. The van der Waals surface area contributed by atoms with Gasteiger partial charge in [0.2, 0.25) is 5.91 Å². The third-order valence-electron chi connectivity index (χ3n) is 6.13. The van der Waals surface area contributed by atoms with Crippen molar-refractivity contribution in [1.82, 2.24) is 0 Å². The van der Waals surface area contributed by atoms with Crippen LogP contribution in [0.15, 0.2) is 78.9 Å². The summed E-state index contributed by atoms with van der Waals surface area (Å²) in [4.78, 5) is 27.4. The van der Waals surface area contributed by atoms with Crippen molar-refractivity contribution in [3.05, 3.63) is 84.4 Å². The number of hydrogen-bond acceptors (Lipinski definition) is 4. The van der Waals surface area contributed by atoms with E-state index in [1.807, 2.05) is 71.6 Å². The Morgan fingerprint density at radius 1 is 0.969 bits per heavy atom. The van der Waals surface area contributed by atoms with E-state index in [1.165, 1.54) is 0 Å². The fraction of sp³-hybridized carbons (Fsp3) is 0.231. The highest BCUT2D eigenvalue weighted by Gasteiger charge is 2.39. The monoisotopic (exact) mass is 427 g/mol. The summed E-state index contributed by atoms with van der Waals surface area (Å²) >= 11 is 0. The van der Waals surface area contributed by atoms with Gasteiger partial charge in [-0.1, -0.05) is 48.9 Å². The number of ether oxygens (including phenoxy) is 1. The summed E-state index contributed by atoms with van der Waals surface area (Å²) in [5.74, 6) is 0.675. The van der Waals surface area contributed by atoms with Crippen LogP contribution in [-0.2, 0) is 11.3 Å². The Balaban J connectivity index is 1.30. The van der Waals surface area contributed by atoms with Gasteiger partial charge in [-0.2, -0.15) is 0 Å². The van der Waals surface area contributed by atoms with E-state index in [0.29, 0.717) is 18.0 Å². The van der Waals surface area contributed by atoms with E-state index in [2.05, 4.69) is 10.6 Å². The number of nitrogens with zero attached hydrogens (tertiary/aromatic N) is 1. The number of benzene rings is 3. The van der Waals surface area contributed by atoms with E-state index >= 15 is 0 Å². The molecule has 0 spiro atoms. The Kier molecular flexibility index (Phi) is 5.50. The van der Waals surface area contributed by atoms with E-state index in [1.54, 1.807) is 12.1 Å².